The number of guanidine groups is 1. The molecule has 1 saturated heterocycles. The molecule has 0 saturated carbocycles. The van der Waals surface area contributed by atoms with Gasteiger partial charge in [-0.15, -0.1) is 24.0 Å². The van der Waals surface area contributed by atoms with Gasteiger partial charge in [-0.3, -0.25) is 4.90 Å². The van der Waals surface area contributed by atoms with Crippen LogP contribution in [0.25, 0.3) is 0 Å². The molecule has 160 valence electrons. The van der Waals surface area contributed by atoms with Crippen molar-refractivity contribution in [3.63, 3.8) is 0 Å². The molecule has 1 aliphatic heterocycles. The van der Waals surface area contributed by atoms with Crippen molar-refractivity contribution in [2.45, 2.75) is 45.4 Å². The lowest BCUT2D eigenvalue weighted by Crippen LogP contribution is -2.38. The second-order valence-corrected chi connectivity index (χ2v) is 7.29. The minimum absolute atomic E-state index is 0. The Morgan fingerprint density at radius 2 is 1.97 bits per heavy atom. The molecule has 1 aliphatic rings. The molecule has 0 spiro atoms. The Hall–Kier alpha value is -1.58. The minimum atomic E-state index is -0.187. The summed E-state index contributed by atoms with van der Waals surface area (Å²) in [6.07, 6.45) is 4.26. The first kappa shape index (κ1) is 23.7. The second kappa shape index (κ2) is 12.9. The van der Waals surface area contributed by atoms with E-state index < -0.39 is 0 Å². The average molecular weight is 512 g/mol. The molecular formula is C22H33IN4O2. The van der Waals surface area contributed by atoms with Gasteiger partial charge in [0.05, 0.1) is 18.9 Å². The van der Waals surface area contributed by atoms with E-state index in [9.17, 15) is 5.11 Å². The van der Waals surface area contributed by atoms with Gasteiger partial charge in [0.15, 0.2) is 5.96 Å². The fourth-order valence-corrected chi connectivity index (χ4v) is 3.40. The zero-order valence-electron chi connectivity index (χ0n) is 17.1. The van der Waals surface area contributed by atoms with Crippen molar-refractivity contribution in [2.24, 2.45) is 4.99 Å². The third kappa shape index (κ3) is 7.98. The predicted octanol–water partition coefficient (Wildman–Crippen LogP) is 3.15. The van der Waals surface area contributed by atoms with Gasteiger partial charge < -0.3 is 20.2 Å². The number of nitrogens with zero attached hydrogens (tertiary/aromatic N) is 2. The largest absolute Gasteiger partial charge is 0.469 e. The maximum atomic E-state index is 9.77. The molecule has 1 fully saturated rings. The molecule has 0 bridgehead atoms. The monoisotopic (exact) mass is 512 g/mol. The highest BCUT2D eigenvalue weighted by Gasteiger charge is 2.20. The maximum absolute atomic E-state index is 9.77. The molecule has 1 unspecified atom stereocenters. The molecule has 2 aromatic rings. The number of benzene rings is 1. The molecule has 7 heteroatoms. The maximum Gasteiger partial charge on any atom is 0.191 e. The van der Waals surface area contributed by atoms with Gasteiger partial charge in [-0.1, -0.05) is 31.2 Å². The number of aliphatic hydroxyl groups is 1. The average Bonchev–Trinajstić information content (AvgIpc) is 3.36. The molecule has 3 N–H and O–H groups in total. The van der Waals surface area contributed by atoms with Crippen molar-refractivity contribution < 1.29 is 9.52 Å². The summed E-state index contributed by atoms with van der Waals surface area (Å²) in [5.41, 5.74) is 2.51. The molecule has 6 nitrogen and oxygen atoms in total. The standard InChI is InChI=1S/C22H32N4O2.HI/c1-2-11-23-22(24-12-9-21-8-5-14-28-21)25-15-18-6-3-4-7-19(18)16-26-13-10-20(27)17-26;/h3-8,14,20,27H,2,9-13,15-17H2,1H3,(H2,23,24,25);1H. The lowest BCUT2D eigenvalue weighted by Gasteiger charge is -2.17. The molecule has 3 rings (SSSR count). The minimum Gasteiger partial charge on any atom is -0.469 e. The highest BCUT2D eigenvalue weighted by molar-refractivity contribution is 14.0. The number of aliphatic imine (C=N–C) groups is 1. The quantitative estimate of drug-likeness (QED) is 0.274. The zero-order valence-corrected chi connectivity index (χ0v) is 19.5. The first-order valence-corrected chi connectivity index (χ1v) is 10.3. The van der Waals surface area contributed by atoms with Gasteiger partial charge in [-0.05, 0) is 36.1 Å². The summed E-state index contributed by atoms with van der Waals surface area (Å²) >= 11 is 0. The van der Waals surface area contributed by atoms with Gasteiger partial charge >= 0.3 is 0 Å². The van der Waals surface area contributed by atoms with E-state index in [1.54, 1.807) is 6.26 Å². The van der Waals surface area contributed by atoms with E-state index in [0.29, 0.717) is 6.54 Å². The summed E-state index contributed by atoms with van der Waals surface area (Å²) in [5.74, 6) is 1.81. The summed E-state index contributed by atoms with van der Waals surface area (Å²) in [7, 11) is 0. The zero-order chi connectivity index (χ0) is 19.6. The fourth-order valence-electron chi connectivity index (χ4n) is 3.40. The van der Waals surface area contributed by atoms with Crippen molar-refractivity contribution in [1.29, 1.82) is 0 Å². The van der Waals surface area contributed by atoms with Crippen LogP contribution in [0.1, 0.15) is 36.7 Å². The molecule has 0 aliphatic carbocycles. The second-order valence-electron chi connectivity index (χ2n) is 7.29. The van der Waals surface area contributed by atoms with E-state index in [2.05, 4.69) is 46.7 Å². The normalized spacial score (nSPS) is 17.2. The summed E-state index contributed by atoms with van der Waals surface area (Å²) in [4.78, 5) is 7.11. The van der Waals surface area contributed by atoms with E-state index in [1.807, 2.05) is 12.1 Å². The Balaban J connectivity index is 0.00000300. The highest BCUT2D eigenvalue weighted by Crippen LogP contribution is 2.17. The van der Waals surface area contributed by atoms with Crippen molar-refractivity contribution >= 4 is 29.9 Å². The van der Waals surface area contributed by atoms with Crippen LogP contribution in [0.5, 0.6) is 0 Å². The van der Waals surface area contributed by atoms with Gasteiger partial charge in [-0.2, -0.15) is 0 Å². The van der Waals surface area contributed by atoms with Crippen LogP contribution < -0.4 is 10.6 Å². The number of halogens is 1. The van der Waals surface area contributed by atoms with E-state index in [4.69, 9.17) is 9.41 Å². The summed E-state index contributed by atoms with van der Waals surface area (Å²) in [5, 5.41) is 16.5. The Kier molecular flexibility index (Phi) is 10.5. The smallest absolute Gasteiger partial charge is 0.191 e. The van der Waals surface area contributed by atoms with E-state index in [1.165, 1.54) is 11.1 Å². The van der Waals surface area contributed by atoms with Gasteiger partial charge in [0.2, 0.25) is 0 Å². The van der Waals surface area contributed by atoms with Crippen molar-refractivity contribution in [3.05, 3.63) is 59.5 Å². The SMILES string of the molecule is CCCNC(=NCc1ccccc1CN1CCC(O)C1)NCCc1ccco1.I. The number of hydrogen-bond acceptors (Lipinski definition) is 4. The first-order valence-electron chi connectivity index (χ1n) is 10.3. The van der Waals surface area contributed by atoms with Crippen LogP contribution in [-0.2, 0) is 19.5 Å². The Bertz CT molecular complexity index is 736. The van der Waals surface area contributed by atoms with Gasteiger partial charge in [0.25, 0.3) is 0 Å². The number of hydrogen-bond donors (Lipinski definition) is 3. The Morgan fingerprint density at radius 1 is 1.17 bits per heavy atom. The number of furan rings is 1. The summed E-state index contributed by atoms with van der Waals surface area (Å²) < 4.78 is 5.39. The van der Waals surface area contributed by atoms with Crippen LogP contribution in [0.4, 0.5) is 0 Å². The first-order chi connectivity index (χ1) is 13.7. The van der Waals surface area contributed by atoms with E-state index in [0.717, 1.165) is 63.7 Å². The van der Waals surface area contributed by atoms with Crippen molar-refractivity contribution in [2.75, 3.05) is 26.2 Å². The molecule has 1 atom stereocenters. The van der Waals surface area contributed by atoms with Crippen molar-refractivity contribution in [3.8, 4) is 0 Å². The van der Waals surface area contributed by atoms with E-state index >= 15 is 0 Å². The van der Waals surface area contributed by atoms with Gasteiger partial charge in [0.1, 0.15) is 5.76 Å². The van der Waals surface area contributed by atoms with Crippen LogP contribution >= 0.6 is 24.0 Å². The van der Waals surface area contributed by atoms with Crippen LogP contribution in [0.15, 0.2) is 52.1 Å². The molecule has 1 aromatic heterocycles. The highest BCUT2D eigenvalue weighted by atomic mass is 127. The van der Waals surface area contributed by atoms with Crippen LogP contribution in [0.3, 0.4) is 0 Å². The molecule has 1 aromatic carbocycles. The summed E-state index contributed by atoms with van der Waals surface area (Å²) in [6, 6.07) is 12.4. The Morgan fingerprint density at radius 3 is 2.66 bits per heavy atom. The number of β-amino-alcohol motifs (C(OH)–C–C–N with tert-alkyl or cyclic N) is 1. The van der Waals surface area contributed by atoms with Crippen molar-refractivity contribution in [1.82, 2.24) is 15.5 Å². The lowest BCUT2D eigenvalue weighted by atomic mass is 10.1. The summed E-state index contributed by atoms with van der Waals surface area (Å²) in [6.45, 7) is 7.02. The molecule has 29 heavy (non-hydrogen) atoms. The third-order valence-electron chi connectivity index (χ3n) is 4.95. The number of aliphatic hydroxyl groups excluding tert-OH is 1. The third-order valence-corrected chi connectivity index (χ3v) is 4.95. The predicted molar refractivity (Wildman–Crippen MR) is 128 cm³/mol. The number of nitrogens with one attached hydrogen (secondary N) is 2. The molecular weight excluding hydrogens is 479 g/mol. The lowest BCUT2D eigenvalue weighted by molar-refractivity contribution is 0.174. The topological polar surface area (TPSA) is 73.0 Å². The van der Waals surface area contributed by atoms with Gasteiger partial charge in [0, 0.05) is 39.1 Å². The number of likely N-dealkylation sites (tertiary alicyclic amines) is 1. The van der Waals surface area contributed by atoms with Crippen LogP contribution in [0, 0.1) is 0 Å². The molecule has 2 heterocycles. The Labute approximate surface area is 190 Å². The van der Waals surface area contributed by atoms with Crippen LogP contribution in [-0.4, -0.2) is 48.2 Å². The number of rotatable bonds is 9. The fraction of sp³-hybridized carbons (Fsp3) is 0.500. The molecule has 0 amide bonds. The van der Waals surface area contributed by atoms with Gasteiger partial charge in [-0.25, -0.2) is 4.99 Å². The molecule has 0 radical (unpaired) electrons. The van der Waals surface area contributed by atoms with E-state index in [-0.39, 0.29) is 30.1 Å². The van der Waals surface area contributed by atoms with Crippen LogP contribution in [0.2, 0.25) is 0 Å².